The molecule has 0 aliphatic heterocycles. The van der Waals surface area contributed by atoms with Gasteiger partial charge < -0.3 is 4.90 Å². The van der Waals surface area contributed by atoms with Gasteiger partial charge in [0.2, 0.25) is 5.91 Å². The highest BCUT2D eigenvalue weighted by atomic mass is 35.5. The minimum absolute atomic E-state index is 0.215. The average Bonchev–Trinajstić information content (AvgIpc) is 2.41. The molecule has 1 aromatic carbocycles. The van der Waals surface area contributed by atoms with E-state index in [9.17, 15) is 4.79 Å². The van der Waals surface area contributed by atoms with E-state index < -0.39 is 0 Å². The molecule has 0 saturated heterocycles. The molecule has 1 rings (SSSR count). The zero-order chi connectivity index (χ0) is 16.7. The van der Waals surface area contributed by atoms with Crippen LogP contribution >= 0.6 is 35.0 Å². The molecule has 1 aromatic rings. The van der Waals surface area contributed by atoms with E-state index in [1.165, 1.54) is 0 Å². The molecule has 0 unspecified atom stereocenters. The molecule has 0 aromatic heterocycles. The van der Waals surface area contributed by atoms with Gasteiger partial charge in [-0.2, -0.15) is 0 Å². The lowest BCUT2D eigenvalue weighted by atomic mass is 10.1. The van der Waals surface area contributed by atoms with E-state index in [2.05, 4.69) is 27.7 Å². The fourth-order valence-electron chi connectivity index (χ4n) is 2.14. The number of halogens is 2. The van der Waals surface area contributed by atoms with Crippen LogP contribution in [0.4, 0.5) is 0 Å². The van der Waals surface area contributed by atoms with Crippen LogP contribution < -0.4 is 0 Å². The van der Waals surface area contributed by atoms with Crippen molar-refractivity contribution in [1.82, 2.24) is 4.90 Å². The maximum atomic E-state index is 12.4. The van der Waals surface area contributed by atoms with Crippen molar-refractivity contribution in [2.24, 2.45) is 11.8 Å². The van der Waals surface area contributed by atoms with Crippen molar-refractivity contribution < 1.29 is 4.79 Å². The van der Waals surface area contributed by atoms with Gasteiger partial charge in [-0.25, -0.2) is 0 Å². The summed E-state index contributed by atoms with van der Waals surface area (Å²) in [5, 5.41) is 1.12. The number of benzene rings is 1. The zero-order valence-corrected chi connectivity index (χ0v) is 16.1. The lowest BCUT2D eigenvalue weighted by Crippen LogP contribution is -2.38. The van der Waals surface area contributed by atoms with E-state index in [0.717, 1.165) is 24.4 Å². The number of amides is 1. The Hall–Kier alpha value is -0.380. The van der Waals surface area contributed by atoms with Crippen LogP contribution in [0, 0.1) is 11.8 Å². The molecule has 0 heterocycles. The normalized spacial score (nSPS) is 11.3. The van der Waals surface area contributed by atoms with Crippen LogP contribution in [-0.2, 0) is 10.5 Å². The Balaban J connectivity index is 2.49. The molecule has 5 heteroatoms. The molecular weight excluding hydrogens is 337 g/mol. The van der Waals surface area contributed by atoms with Gasteiger partial charge in [-0.1, -0.05) is 57.0 Å². The van der Waals surface area contributed by atoms with Crippen LogP contribution in [0.25, 0.3) is 0 Å². The molecule has 0 fully saturated rings. The minimum atomic E-state index is 0.215. The van der Waals surface area contributed by atoms with Gasteiger partial charge >= 0.3 is 0 Å². The van der Waals surface area contributed by atoms with Crippen LogP contribution in [0.3, 0.4) is 0 Å². The predicted octanol–water partition coefficient (Wildman–Crippen LogP) is 5.37. The quantitative estimate of drug-likeness (QED) is 0.620. The van der Waals surface area contributed by atoms with Gasteiger partial charge in [0.15, 0.2) is 0 Å². The SMILES string of the molecule is CC(C)CN(CC(C)C)C(=O)CSCc1ccc(Cl)c(Cl)c1. The highest BCUT2D eigenvalue weighted by molar-refractivity contribution is 7.99. The number of nitrogens with zero attached hydrogens (tertiary/aromatic N) is 1. The van der Waals surface area contributed by atoms with Crippen molar-refractivity contribution in [3.8, 4) is 0 Å². The number of carbonyl (C=O) groups is 1. The van der Waals surface area contributed by atoms with E-state index in [1.54, 1.807) is 17.8 Å². The first-order chi connectivity index (χ1) is 10.3. The van der Waals surface area contributed by atoms with Crippen LogP contribution in [-0.4, -0.2) is 29.6 Å². The molecule has 22 heavy (non-hydrogen) atoms. The van der Waals surface area contributed by atoms with Gasteiger partial charge in [0.05, 0.1) is 15.8 Å². The smallest absolute Gasteiger partial charge is 0.232 e. The third-order valence-corrected chi connectivity index (χ3v) is 4.73. The lowest BCUT2D eigenvalue weighted by Gasteiger charge is -2.26. The van der Waals surface area contributed by atoms with Crippen molar-refractivity contribution in [1.29, 1.82) is 0 Å². The summed E-state index contributed by atoms with van der Waals surface area (Å²) in [6.45, 7) is 10.2. The van der Waals surface area contributed by atoms with Crippen molar-refractivity contribution in [3.63, 3.8) is 0 Å². The second kappa shape index (κ2) is 9.69. The van der Waals surface area contributed by atoms with Gasteiger partial charge in [-0.15, -0.1) is 11.8 Å². The molecule has 0 atom stereocenters. The first kappa shape index (κ1) is 19.7. The van der Waals surface area contributed by atoms with Crippen LogP contribution in [0.2, 0.25) is 10.0 Å². The lowest BCUT2D eigenvalue weighted by molar-refractivity contribution is -0.129. The largest absolute Gasteiger partial charge is 0.341 e. The topological polar surface area (TPSA) is 20.3 Å². The maximum Gasteiger partial charge on any atom is 0.232 e. The molecule has 2 nitrogen and oxygen atoms in total. The highest BCUT2D eigenvalue weighted by Crippen LogP contribution is 2.24. The molecule has 0 spiro atoms. The molecule has 0 saturated carbocycles. The number of rotatable bonds is 8. The summed E-state index contributed by atoms with van der Waals surface area (Å²) in [5.74, 6) is 2.46. The van der Waals surface area contributed by atoms with Gasteiger partial charge in [0.1, 0.15) is 0 Å². The first-order valence-electron chi connectivity index (χ1n) is 7.59. The molecule has 1 amide bonds. The Morgan fingerprint density at radius 1 is 1.09 bits per heavy atom. The predicted molar refractivity (Wildman–Crippen MR) is 98.9 cm³/mol. The van der Waals surface area contributed by atoms with Crippen molar-refractivity contribution in [3.05, 3.63) is 33.8 Å². The standard InChI is InChI=1S/C17H25Cl2NOS/c1-12(2)8-20(9-13(3)4)17(21)11-22-10-14-5-6-15(18)16(19)7-14/h5-7,12-13H,8-11H2,1-4H3. The number of thioether (sulfide) groups is 1. The Kier molecular flexibility index (Phi) is 8.66. The summed E-state index contributed by atoms with van der Waals surface area (Å²) in [4.78, 5) is 14.4. The summed E-state index contributed by atoms with van der Waals surface area (Å²) in [5.41, 5.74) is 1.09. The summed E-state index contributed by atoms with van der Waals surface area (Å²) < 4.78 is 0. The molecule has 0 aliphatic carbocycles. The Morgan fingerprint density at radius 3 is 2.18 bits per heavy atom. The summed E-state index contributed by atoms with van der Waals surface area (Å²) in [6.07, 6.45) is 0. The molecule has 0 bridgehead atoms. The third-order valence-electron chi connectivity index (χ3n) is 3.00. The van der Waals surface area contributed by atoms with Crippen LogP contribution in [0.15, 0.2) is 18.2 Å². The fraction of sp³-hybridized carbons (Fsp3) is 0.588. The number of hydrogen-bond acceptors (Lipinski definition) is 2. The van der Waals surface area contributed by atoms with Crippen molar-refractivity contribution in [2.45, 2.75) is 33.4 Å². The monoisotopic (exact) mass is 361 g/mol. The Bertz CT molecular complexity index is 482. The Morgan fingerprint density at radius 2 is 1.68 bits per heavy atom. The highest BCUT2D eigenvalue weighted by Gasteiger charge is 2.16. The van der Waals surface area contributed by atoms with E-state index in [0.29, 0.717) is 27.6 Å². The van der Waals surface area contributed by atoms with Crippen molar-refractivity contribution in [2.75, 3.05) is 18.8 Å². The van der Waals surface area contributed by atoms with E-state index in [-0.39, 0.29) is 5.91 Å². The zero-order valence-electron chi connectivity index (χ0n) is 13.7. The second-order valence-corrected chi connectivity index (χ2v) is 8.13. The van der Waals surface area contributed by atoms with Crippen LogP contribution in [0.1, 0.15) is 33.3 Å². The fourth-order valence-corrected chi connectivity index (χ4v) is 3.33. The van der Waals surface area contributed by atoms with Crippen LogP contribution in [0.5, 0.6) is 0 Å². The average molecular weight is 362 g/mol. The second-order valence-electron chi connectivity index (χ2n) is 6.33. The van der Waals surface area contributed by atoms with Crippen molar-refractivity contribution >= 4 is 40.9 Å². The minimum Gasteiger partial charge on any atom is -0.341 e. The van der Waals surface area contributed by atoms with E-state index >= 15 is 0 Å². The molecule has 0 radical (unpaired) electrons. The van der Waals surface area contributed by atoms with E-state index in [1.807, 2.05) is 17.0 Å². The molecule has 0 N–H and O–H groups in total. The van der Waals surface area contributed by atoms with E-state index in [4.69, 9.17) is 23.2 Å². The molecular formula is C17H25Cl2NOS. The Labute approximate surface area is 148 Å². The summed E-state index contributed by atoms with van der Waals surface area (Å²) >= 11 is 13.5. The first-order valence-corrected chi connectivity index (χ1v) is 9.50. The summed E-state index contributed by atoms with van der Waals surface area (Å²) in [7, 11) is 0. The third kappa shape index (κ3) is 7.26. The number of hydrogen-bond donors (Lipinski definition) is 0. The molecule has 124 valence electrons. The van der Waals surface area contributed by atoms with Gasteiger partial charge in [0.25, 0.3) is 0 Å². The molecule has 0 aliphatic rings. The maximum absolute atomic E-state index is 12.4. The van der Waals surface area contributed by atoms with Gasteiger partial charge in [-0.05, 0) is 29.5 Å². The number of carbonyl (C=O) groups excluding carboxylic acids is 1. The summed E-state index contributed by atoms with van der Waals surface area (Å²) in [6, 6.07) is 5.61. The van der Waals surface area contributed by atoms with Gasteiger partial charge in [0, 0.05) is 18.8 Å². The van der Waals surface area contributed by atoms with Gasteiger partial charge in [-0.3, -0.25) is 4.79 Å².